The second-order valence-electron chi connectivity index (χ2n) is 5.09. The highest BCUT2D eigenvalue weighted by molar-refractivity contribution is 5.86. The molecule has 0 radical (unpaired) electrons. The zero-order valence-corrected chi connectivity index (χ0v) is 11.2. The van der Waals surface area contributed by atoms with Crippen molar-refractivity contribution in [3.8, 4) is 0 Å². The highest BCUT2D eigenvalue weighted by atomic mass is 14.9. The smallest absolute Gasteiger partial charge is 0.0482 e. The van der Waals surface area contributed by atoms with Crippen molar-refractivity contribution in [3.05, 3.63) is 35.0 Å². The Balaban J connectivity index is 2.69. The predicted octanol–water partition coefficient (Wildman–Crippen LogP) is 3.11. The van der Waals surface area contributed by atoms with Gasteiger partial charge in [-0.3, -0.25) is 0 Å². The van der Waals surface area contributed by atoms with Crippen molar-refractivity contribution < 1.29 is 0 Å². The first-order valence-electron chi connectivity index (χ1n) is 6.34. The standard InChI is InChI=1S/C15H22N2/c1-10(2)12-5-6-15-14(9-12)13(7-8-16)11(3)17(15)4/h5-6,9-10H,7-8,16H2,1-4H3. The first-order chi connectivity index (χ1) is 8.06. The molecule has 2 N–H and O–H groups in total. The highest BCUT2D eigenvalue weighted by Gasteiger charge is 2.12. The second kappa shape index (κ2) is 4.53. The minimum atomic E-state index is 0.575. The van der Waals surface area contributed by atoms with E-state index in [0.717, 1.165) is 6.42 Å². The Labute approximate surface area is 103 Å². The van der Waals surface area contributed by atoms with Crippen LogP contribution in [0, 0.1) is 6.92 Å². The van der Waals surface area contributed by atoms with E-state index in [0.29, 0.717) is 12.5 Å². The molecule has 2 heteroatoms. The zero-order valence-electron chi connectivity index (χ0n) is 11.2. The molecule has 1 aromatic carbocycles. The molecule has 2 aromatic rings. The summed E-state index contributed by atoms with van der Waals surface area (Å²) in [6.07, 6.45) is 0.963. The van der Waals surface area contributed by atoms with Crippen molar-refractivity contribution in [1.29, 1.82) is 0 Å². The summed E-state index contributed by atoms with van der Waals surface area (Å²) < 4.78 is 2.27. The summed E-state index contributed by atoms with van der Waals surface area (Å²) in [5.41, 5.74) is 11.2. The fourth-order valence-electron chi connectivity index (χ4n) is 2.48. The van der Waals surface area contributed by atoms with Crippen molar-refractivity contribution in [2.45, 2.75) is 33.1 Å². The summed E-state index contributed by atoms with van der Waals surface area (Å²) in [5.74, 6) is 0.575. The van der Waals surface area contributed by atoms with Crippen molar-refractivity contribution in [3.63, 3.8) is 0 Å². The number of nitrogens with two attached hydrogens (primary N) is 1. The SMILES string of the molecule is Cc1c(CCN)c2cc(C(C)C)ccc2n1C. The van der Waals surface area contributed by atoms with Crippen LogP contribution in [0.15, 0.2) is 18.2 Å². The maximum absolute atomic E-state index is 5.72. The lowest BCUT2D eigenvalue weighted by atomic mass is 9.99. The van der Waals surface area contributed by atoms with Gasteiger partial charge in [0.2, 0.25) is 0 Å². The molecule has 0 saturated heterocycles. The van der Waals surface area contributed by atoms with Crippen LogP contribution in [0.2, 0.25) is 0 Å². The van der Waals surface area contributed by atoms with E-state index in [4.69, 9.17) is 5.73 Å². The van der Waals surface area contributed by atoms with E-state index < -0.39 is 0 Å². The largest absolute Gasteiger partial charge is 0.348 e. The van der Waals surface area contributed by atoms with Gasteiger partial charge >= 0.3 is 0 Å². The van der Waals surface area contributed by atoms with Gasteiger partial charge in [-0.25, -0.2) is 0 Å². The number of aromatic nitrogens is 1. The molecule has 2 rings (SSSR count). The summed E-state index contributed by atoms with van der Waals surface area (Å²) in [5, 5.41) is 1.38. The third-order valence-corrected chi connectivity index (χ3v) is 3.71. The Hall–Kier alpha value is -1.28. The molecule has 92 valence electrons. The van der Waals surface area contributed by atoms with Crippen LogP contribution in [0.5, 0.6) is 0 Å². The van der Waals surface area contributed by atoms with Crippen molar-refractivity contribution in [2.75, 3.05) is 6.54 Å². The maximum Gasteiger partial charge on any atom is 0.0482 e. The van der Waals surface area contributed by atoms with Crippen molar-refractivity contribution in [1.82, 2.24) is 4.57 Å². The van der Waals surface area contributed by atoms with Gasteiger partial charge in [-0.1, -0.05) is 19.9 Å². The molecule has 0 bridgehead atoms. The van der Waals surface area contributed by atoms with Gasteiger partial charge < -0.3 is 10.3 Å². The molecule has 0 fully saturated rings. The van der Waals surface area contributed by atoms with Crippen LogP contribution in [0.25, 0.3) is 10.9 Å². The van der Waals surface area contributed by atoms with Crippen molar-refractivity contribution in [2.24, 2.45) is 12.8 Å². The molecule has 0 spiro atoms. The molecule has 1 aromatic heterocycles. The Morgan fingerprint density at radius 2 is 2.00 bits per heavy atom. The average Bonchev–Trinajstić information content (AvgIpc) is 2.54. The maximum atomic E-state index is 5.72. The Morgan fingerprint density at radius 1 is 1.29 bits per heavy atom. The molecule has 0 unspecified atom stereocenters. The van der Waals surface area contributed by atoms with Gasteiger partial charge in [-0.05, 0) is 49.1 Å². The minimum absolute atomic E-state index is 0.575. The van der Waals surface area contributed by atoms with E-state index in [1.165, 1.54) is 27.7 Å². The fourth-order valence-corrected chi connectivity index (χ4v) is 2.48. The molecule has 0 saturated carbocycles. The third-order valence-electron chi connectivity index (χ3n) is 3.71. The lowest BCUT2D eigenvalue weighted by Gasteiger charge is -2.06. The number of nitrogens with zero attached hydrogens (tertiary/aromatic N) is 1. The number of hydrogen-bond donors (Lipinski definition) is 1. The summed E-state index contributed by atoms with van der Waals surface area (Å²) in [4.78, 5) is 0. The van der Waals surface area contributed by atoms with Crippen molar-refractivity contribution >= 4 is 10.9 Å². The Kier molecular flexibility index (Phi) is 3.25. The fraction of sp³-hybridized carbons (Fsp3) is 0.467. The molecule has 0 atom stereocenters. The van der Waals surface area contributed by atoms with Gasteiger partial charge in [0, 0.05) is 23.6 Å². The molecule has 2 nitrogen and oxygen atoms in total. The number of rotatable bonds is 3. The molecular formula is C15H22N2. The van der Waals surface area contributed by atoms with E-state index >= 15 is 0 Å². The number of aryl methyl sites for hydroxylation is 1. The first-order valence-corrected chi connectivity index (χ1v) is 6.34. The molecule has 0 aliphatic carbocycles. The van der Waals surface area contributed by atoms with Crippen LogP contribution in [0.1, 0.15) is 36.6 Å². The van der Waals surface area contributed by atoms with Crippen LogP contribution in [-0.2, 0) is 13.5 Å². The van der Waals surface area contributed by atoms with Gasteiger partial charge in [0.25, 0.3) is 0 Å². The average molecular weight is 230 g/mol. The monoisotopic (exact) mass is 230 g/mol. The lowest BCUT2D eigenvalue weighted by Crippen LogP contribution is -2.04. The van der Waals surface area contributed by atoms with E-state index in [9.17, 15) is 0 Å². The molecule has 1 heterocycles. The van der Waals surface area contributed by atoms with Gasteiger partial charge in [-0.2, -0.15) is 0 Å². The van der Waals surface area contributed by atoms with Crippen LogP contribution in [0.4, 0.5) is 0 Å². The van der Waals surface area contributed by atoms with Crippen LogP contribution in [0.3, 0.4) is 0 Å². The normalized spacial score (nSPS) is 11.6. The van der Waals surface area contributed by atoms with E-state index in [2.05, 4.69) is 50.6 Å². The van der Waals surface area contributed by atoms with Gasteiger partial charge in [0.05, 0.1) is 0 Å². The Morgan fingerprint density at radius 3 is 2.59 bits per heavy atom. The molecule has 17 heavy (non-hydrogen) atoms. The van der Waals surface area contributed by atoms with Gasteiger partial charge in [0.1, 0.15) is 0 Å². The Bertz CT molecular complexity index is 535. The number of benzene rings is 1. The van der Waals surface area contributed by atoms with Crippen LogP contribution in [-0.4, -0.2) is 11.1 Å². The van der Waals surface area contributed by atoms with E-state index in [-0.39, 0.29) is 0 Å². The lowest BCUT2D eigenvalue weighted by molar-refractivity contribution is 0.867. The zero-order chi connectivity index (χ0) is 12.6. The summed E-state index contributed by atoms with van der Waals surface area (Å²) >= 11 is 0. The predicted molar refractivity (Wildman–Crippen MR) is 74.5 cm³/mol. The third kappa shape index (κ3) is 1.98. The minimum Gasteiger partial charge on any atom is -0.348 e. The van der Waals surface area contributed by atoms with Crippen LogP contribution >= 0.6 is 0 Å². The van der Waals surface area contributed by atoms with E-state index in [1.807, 2.05) is 0 Å². The van der Waals surface area contributed by atoms with Gasteiger partial charge in [-0.15, -0.1) is 0 Å². The quantitative estimate of drug-likeness (QED) is 0.863. The second-order valence-corrected chi connectivity index (χ2v) is 5.09. The summed E-state index contributed by atoms with van der Waals surface area (Å²) in [6.45, 7) is 7.37. The molecule has 0 amide bonds. The molecular weight excluding hydrogens is 208 g/mol. The van der Waals surface area contributed by atoms with Crippen LogP contribution < -0.4 is 5.73 Å². The number of fused-ring (bicyclic) bond motifs is 1. The topological polar surface area (TPSA) is 30.9 Å². The summed E-state index contributed by atoms with van der Waals surface area (Å²) in [6, 6.07) is 6.80. The molecule has 0 aliphatic rings. The van der Waals surface area contributed by atoms with Gasteiger partial charge in [0.15, 0.2) is 0 Å². The van der Waals surface area contributed by atoms with E-state index in [1.54, 1.807) is 0 Å². The summed E-state index contributed by atoms with van der Waals surface area (Å²) in [7, 11) is 2.13. The number of hydrogen-bond acceptors (Lipinski definition) is 1. The molecule has 0 aliphatic heterocycles. The first kappa shape index (κ1) is 12.2. The highest BCUT2D eigenvalue weighted by Crippen LogP contribution is 2.28.